The van der Waals surface area contributed by atoms with E-state index in [1.54, 1.807) is 24.7 Å². The maximum atomic E-state index is 5.53. The summed E-state index contributed by atoms with van der Waals surface area (Å²) in [7, 11) is 0. The van der Waals surface area contributed by atoms with E-state index in [0.717, 1.165) is 5.76 Å². The molecule has 1 aliphatic rings. The number of oxazole rings is 1. The number of hydrogen-bond donors (Lipinski definition) is 0. The van der Waals surface area contributed by atoms with Gasteiger partial charge < -0.3 is 9.25 Å². The van der Waals surface area contributed by atoms with E-state index in [1.165, 1.54) is 17.7 Å². The molecule has 2 heterocycles. The van der Waals surface area contributed by atoms with Crippen LogP contribution in [0.25, 0.3) is 0 Å². The van der Waals surface area contributed by atoms with Gasteiger partial charge in [-0.05, 0) is 18.9 Å². The highest BCUT2D eigenvalue weighted by Crippen LogP contribution is 2.40. The van der Waals surface area contributed by atoms with Gasteiger partial charge in [0.05, 0.1) is 18.6 Å². The molecule has 0 saturated heterocycles. The number of aromatic nitrogens is 3. The van der Waals surface area contributed by atoms with E-state index in [2.05, 4.69) is 10.1 Å². The Morgan fingerprint density at radius 3 is 3.20 bits per heavy atom. The van der Waals surface area contributed by atoms with Crippen LogP contribution in [-0.4, -0.2) is 14.9 Å². The maximum Gasteiger partial charge on any atom is 0.235 e. The second-order valence-electron chi connectivity index (χ2n) is 3.61. The zero-order valence-electron chi connectivity index (χ0n) is 8.17. The lowest BCUT2D eigenvalue weighted by atomic mass is 10.3. The number of hydrogen-bond acceptors (Lipinski definition) is 4. The summed E-state index contributed by atoms with van der Waals surface area (Å²) in [6, 6.07) is 1.80. The number of rotatable bonds is 4. The molecule has 1 fully saturated rings. The highest BCUT2D eigenvalue weighted by molar-refractivity contribution is 5.08. The van der Waals surface area contributed by atoms with Gasteiger partial charge >= 0.3 is 0 Å². The van der Waals surface area contributed by atoms with Gasteiger partial charge in [0.2, 0.25) is 5.89 Å². The smallest absolute Gasteiger partial charge is 0.235 e. The predicted molar refractivity (Wildman–Crippen MR) is 51.0 cm³/mol. The molecule has 0 unspecified atom stereocenters. The summed E-state index contributed by atoms with van der Waals surface area (Å²) in [5, 5.41) is 3.91. The zero-order valence-corrected chi connectivity index (χ0v) is 8.17. The van der Waals surface area contributed by atoms with Crippen molar-refractivity contribution < 1.29 is 9.25 Å². The van der Waals surface area contributed by atoms with Gasteiger partial charge in [0.1, 0.15) is 5.76 Å². The van der Waals surface area contributed by atoms with E-state index in [1.807, 2.05) is 0 Å². The van der Waals surface area contributed by atoms with Gasteiger partial charge in [-0.2, -0.15) is 0 Å². The summed E-state index contributed by atoms with van der Waals surface area (Å²) in [5.74, 6) is 2.18. The minimum atomic E-state index is 0.314. The first-order valence-electron chi connectivity index (χ1n) is 4.99. The highest BCUT2D eigenvalue weighted by Gasteiger charge is 2.27. The van der Waals surface area contributed by atoms with Crippen LogP contribution in [-0.2, 0) is 6.61 Å². The van der Waals surface area contributed by atoms with Crippen molar-refractivity contribution in [3.05, 3.63) is 36.3 Å². The first kappa shape index (κ1) is 8.52. The standard InChI is InChI=1S/C10H11N3O2/c1-4-12-13(5-1)14-7-10-11-6-9(15-10)8-2-3-8/h1,4-6,8H,2-3,7H2. The molecule has 0 bridgehead atoms. The van der Waals surface area contributed by atoms with E-state index in [9.17, 15) is 0 Å². The van der Waals surface area contributed by atoms with Gasteiger partial charge in [-0.25, -0.2) is 4.98 Å². The minimum absolute atomic E-state index is 0.314. The van der Waals surface area contributed by atoms with Gasteiger partial charge in [-0.1, -0.05) is 0 Å². The lowest BCUT2D eigenvalue weighted by Gasteiger charge is -2.00. The second-order valence-corrected chi connectivity index (χ2v) is 3.61. The molecule has 2 aromatic heterocycles. The Morgan fingerprint density at radius 2 is 2.47 bits per heavy atom. The third-order valence-electron chi connectivity index (χ3n) is 2.35. The molecule has 5 heteroatoms. The Hall–Kier alpha value is -1.78. The topological polar surface area (TPSA) is 53.1 Å². The van der Waals surface area contributed by atoms with Crippen molar-refractivity contribution >= 4 is 0 Å². The summed E-state index contributed by atoms with van der Waals surface area (Å²) in [6.45, 7) is 0.314. The summed E-state index contributed by atoms with van der Waals surface area (Å²) in [5.41, 5.74) is 0. The van der Waals surface area contributed by atoms with E-state index in [-0.39, 0.29) is 0 Å². The van der Waals surface area contributed by atoms with Crippen LogP contribution in [0, 0.1) is 0 Å². The van der Waals surface area contributed by atoms with Gasteiger partial charge in [-0.15, -0.1) is 9.94 Å². The van der Waals surface area contributed by atoms with Crippen LogP contribution in [0.3, 0.4) is 0 Å². The van der Waals surface area contributed by atoms with Crippen LogP contribution in [0.2, 0.25) is 0 Å². The number of nitrogens with zero attached hydrogens (tertiary/aromatic N) is 3. The molecule has 0 N–H and O–H groups in total. The summed E-state index contributed by atoms with van der Waals surface area (Å²) >= 11 is 0. The lowest BCUT2D eigenvalue weighted by molar-refractivity contribution is 0.0561. The first-order chi connectivity index (χ1) is 7.42. The molecule has 2 aromatic rings. The molecule has 1 saturated carbocycles. The molecule has 0 amide bonds. The van der Waals surface area contributed by atoms with Crippen molar-refractivity contribution in [2.24, 2.45) is 0 Å². The van der Waals surface area contributed by atoms with Gasteiger partial charge in [0.25, 0.3) is 0 Å². The van der Waals surface area contributed by atoms with Gasteiger partial charge in [0, 0.05) is 5.92 Å². The Kier molecular flexibility index (Phi) is 1.94. The normalized spacial score (nSPS) is 15.5. The average Bonchev–Trinajstić information content (AvgIpc) is 2.82. The molecule has 78 valence electrons. The molecule has 0 atom stereocenters. The van der Waals surface area contributed by atoms with Crippen molar-refractivity contribution in [3.8, 4) is 0 Å². The zero-order chi connectivity index (χ0) is 10.1. The molecule has 1 aliphatic carbocycles. The van der Waals surface area contributed by atoms with E-state index in [4.69, 9.17) is 9.25 Å². The Labute approximate surface area is 86.6 Å². The van der Waals surface area contributed by atoms with E-state index in [0.29, 0.717) is 18.4 Å². The quantitative estimate of drug-likeness (QED) is 0.756. The molecular weight excluding hydrogens is 194 g/mol. The molecule has 0 aliphatic heterocycles. The Balaban J connectivity index is 1.61. The van der Waals surface area contributed by atoms with Crippen molar-refractivity contribution in [2.75, 3.05) is 0 Å². The Morgan fingerprint density at radius 1 is 1.53 bits per heavy atom. The van der Waals surface area contributed by atoms with Crippen LogP contribution in [0.4, 0.5) is 0 Å². The van der Waals surface area contributed by atoms with E-state index < -0.39 is 0 Å². The largest absolute Gasteiger partial charge is 0.442 e. The van der Waals surface area contributed by atoms with Crippen LogP contribution in [0.15, 0.2) is 29.1 Å². The second kappa shape index (κ2) is 3.42. The summed E-state index contributed by atoms with van der Waals surface area (Å²) in [4.78, 5) is 10.8. The van der Waals surface area contributed by atoms with Gasteiger partial charge in [-0.3, -0.25) is 0 Å². The summed E-state index contributed by atoms with van der Waals surface area (Å²) < 4.78 is 5.53. The van der Waals surface area contributed by atoms with Crippen molar-refractivity contribution in [2.45, 2.75) is 25.4 Å². The molecule has 5 nitrogen and oxygen atoms in total. The van der Waals surface area contributed by atoms with Gasteiger partial charge in [0.15, 0.2) is 6.61 Å². The third kappa shape index (κ3) is 1.86. The third-order valence-corrected chi connectivity index (χ3v) is 2.35. The SMILES string of the molecule is c1cnn(OCc2ncc(C3CC3)o2)c1. The highest BCUT2D eigenvalue weighted by atomic mass is 16.7. The van der Waals surface area contributed by atoms with Crippen molar-refractivity contribution in [1.29, 1.82) is 0 Å². The predicted octanol–water partition coefficient (Wildman–Crippen LogP) is 1.38. The molecule has 15 heavy (non-hydrogen) atoms. The molecule has 0 aromatic carbocycles. The monoisotopic (exact) mass is 205 g/mol. The van der Waals surface area contributed by atoms with Crippen LogP contribution in [0.5, 0.6) is 0 Å². The fourth-order valence-corrected chi connectivity index (χ4v) is 1.40. The van der Waals surface area contributed by atoms with E-state index >= 15 is 0 Å². The fraction of sp³-hybridized carbons (Fsp3) is 0.400. The Bertz CT molecular complexity index is 431. The summed E-state index contributed by atoms with van der Waals surface area (Å²) in [6.07, 6.45) is 7.61. The lowest BCUT2D eigenvalue weighted by Crippen LogP contribution is -2.11. The first-order valence-corrected chi connectivity index (χ1v) is 4.99. The molecular formula is C10H11N3O2. The molecule has 0 radical (unpaired) electrons. The minimum Gasteiger partial charge on any atom is -0.442 e. The molecule has 3 rings (SSSR count). The van der Waals surface area contributed by atoms with Crippen LogP contribution in [0.1, 0.15) is 30.4 Å². The fourth-order valence-electron chi connectivity index (χ4n) is 1.40. The van der Waals surface area contributed by atoms with Crippen LogP contribution >= 0.6 is 0 Å². The maximum absolute atomic E-state index is 5.53. The van der Waals surface area contributed by atoms with Crippen molar-refractivity contribution in [1.82, 2.24) is 14.9 Å². The van der Waals surface area contributed by atoms with Crippen LogP contribution < -0.4 is 4.84 Å². The molecule has 0 spiro atoms. The van der Waals surface area contributed by atoms with Crippen molar-refractivity contribution in [3.63, 3.8) is 0 Å². The average molecular weight is 205 g/mol.